The molecule has 0 aliphatic rings. The monoisotopic (exact) mass is 263 g/mol. The van der Waals surface area contributed by atoms with E-state index in [1.165, 1.54) is 21.3 Å². The Hall–Kier alpha value is -1.34. The molecule has 0 unspecified atom stereocenters. The molecule has 7 nitrogen and oxygen atoms in total. The highest BCUT2D eigenvalue weighted by atomic mass is 16.7. The van der Waals surface area contributed by atoms with Gasteiger partial charge in [-0.15, -0.1) is 0 Å². The molecule has 0 radical (unpaired) electrons. The van der Waals surface area contributed by atoms with Crippen LogP contribution in [0.5, 0.6) is 0 Å². The highest BCUT2D eigenvalue weighted by molar-refractivity contribution is 5.81. The Balaban J connectivity index is 4.69. The second-order valence-corrected chi connectivity index (χ2v) is 4.49. The molecule has 1 N–H and O–H groups in total. The maximum absolute atomic E-state index is 11.6. The smallest absolute Gasteiger partial charge is 0.408 e. The minimum atomic E-state index is -1.10. The van der Waals surface area contributed by atoms with Crippen molar-refractivity contribution in [3.63, 3.8) is 0 Å². The van der Waals surface area contributed by atoms with E-state index in [2.05, 4.69) is 10.1 Å². The van der Waals surface area contributed by atoms with Crippen molar-refractivity contribution in [3.05, 3.63) is 0 Å². The van der Waals surface area contributed by atoms with Crippen LogP contribution >= 0.6 is 0 Å². The van der Waals surface area contributed by atoms with Crippen molar-refractivity contribution in [2.75, 3.05) is 21.3 Å². The van der Waals surface area contributed by atoms with Crippen LogP contribution in [-0.2, 0) is 23.7 Å². The lowest BCUT2D eigenvalue weighted by atomic mass is 10.2. The summed E-state index contributed by atoms with van der Waals surface area (Å²) in [7, 11) is 3.90. The van der Waals surface area contributed by atoms with Crippen molar-refractivity contribution in [1.29, 1.82) is 0 Å². The van der Waals surface area contributed by atoms with Crippen LogP contribution in [-0.4, -0.2) is 51.3 Å². The number of esters is 1. The van der Waals surface area contributed by atoms with Crippen molar-refractivity contribution in [3.8, 4) is 0 Å². The van der Waals surface area contributed by atoms with Crippen molar-refractivity contribution in [2.45, 2.75) is 38.7 Å². The van der Waals surface area contributed by atoms with Gasteiger partial charge < -0.3 is 24.3 Å². The normalized spacial score (nSPS) is 13.1. The van der Waals surface area contributed by atoms with Crippen LogP contribution in [0.15, 0.2) is 0 Å². The molecule has 1 atom stereocenters. The molecule has 0 aliphatic heterocycles. The number of methoxy groups -OCH3 is 3. The SMILES string of the molecule is COC(=O)[C@@H](NC(=O)OC(C)(C)C)C(OC)OC. The van der Waals surface area contributed by atoms with Gasteiger partial charge in [0.15, 0.2) is 12.3 Å². The van der Waals surface area contributed by atoms with Gasteiger partial charge in [0.25, 0.3) is 0 Å². The summed E-state index contributed by atoms with van der Waals surface area (Å²) in [5.74, 6) is -0.686. The van der Waals surface area contributed by atoms with Crippen LogP contribution in [0.3, 0.4) is 0 Å². The summed E-state index contributed by atoms with van der Waals surface area (Å²) < 4.78 is 19.4. The summed E-state index contributed by atoms with van der Waals surface area (Å²) in [5.41, 5.74) is -0.666. The largest absolute Gasteiger partial charge is 0.467 e. The predicted molar refractivity (Wildman–Crippen MR) is 63.0 cm³/mol. The number of hydrogen-bond donors (Lipinski definition) is 1. The molecule has 7 heteroatoms. The van der Waals surface area contributed by atoms with Crippen LogP contribution in [0.4, 0.5) is 4.79 Å². The lowest BCUT2D eigenvalue weighted by molar-refractivity contribution is -0.165. The van der Waals surface area contributed by atoms with Crippen LogP contribution < -0.4 is 5.32 Å². The Bertz CT molecular complexity index is 282. The minimum absolute atomic E-state index is 0.666. The first-order valence-corrected chi connectivity index (χ1v) is 5.38. The molecule has 0 bridgehead atoms. The molecular formula is C11H21NO6. The third-order valence-electron chi connectivity index (χ3n) is 1.86. The van der Waals surface area contributed by atoms with Gasteiger partial charge in [0.2, 0.25) is 0 Å². The molecule has 0 aromatic heterocycles. The lowest BCUT2D eigenvalue weighted by Crippen LogP contribution is -2.51. The summed E-state index contributed by atoms with van der Waals surface area (Å²) in [5, 5.41) is 2.34. The zero-order chi connectivity index (χ0) is 14.3. The van der Waals surface area contributed by atoms with E-state index in [0.29, 0.717) is 0 Å². The fraction of sp³-hybridized carbons (Fsp3) is 0.818. The molecular weight excluding hydrogens is 242 g/mol. The average Bonchev–Trinajstić information content (AvgIpc) is 2.25. The maximum atomic E-state index is 11.6. The molecule has 0 fully saturated rings. The molecule has 0 saturated carbocycles. The van der Waals surface area contributed by atoms with Crippen molar-refractivity contribution in [1.82, 2.24) is 5.32 Å². The number of alkyl carbamates (subject to hydrolysis) is 1. The Labute approximate surface area is 107 Å². The van der Waals surface area contributed by atoms with E-state index >= 15 is 0 Å². The van der Waals surface area contributed by atoms with Gasteiger partial charge in [-0.1, -0.05) is 0 Å². The Morgan fingerprint density at radius 1 is 1.06 bits per heavy atom. The van der Waals surface area contributed by atoms with Crippen molar-refractivity contribution in [2.24, 2.45) is 0 Å². The first-order valence-electron chi connectivity index (χ1n) is 5.38. The van der Waals surface area contributed by atoms with Gasteiger partial charge in [0.05, 0.1) is 7.11 Å². The Morgan fingerprint density at radius 3 is 1.89 bits per heavy atom. The van der Waals surface area contributed by atoms with Gasteiger partial charge in [0, 0.05) is 14.2 Å². The summed E-state index contributed by atoms with van der Waals surface area (Å²) in [6.45, 7) is 5.14. The number of carbonyl (C=O) groups is 2. The van der Waals surface area contributed by atoms with Crippen molar-refractivity contribution >= 4 is 12.1 Å². The highest BCUT2D eigenvalue weighted by Crippen LogP contribution is 2.08. The lowest BCUT2D eigenvalue weighted by Gasteiger charge is -2.25. The number of amides is 1. The highest BCUT2D eigenvalue weighted by Gasteiger charge is 2.32. The Morgan fingerprint density at radius 2 is 1.56 bits per heavy atom. The van der Waals surface area contributed by atoms with E-state index in [0.717, 1.165) is 0 Å². The van der Waals surface area contributed by atoms with Gasteiger partial charge in [-0.3, -0.25) is 0 Å². The molecule has 18 heavy (non-hydrogen) atoms. The van der Waals surface area contributed by atoms with Crippen molar-refractivity contribution < 1.29 is 28.5 Å². The second kappa shape index (κ2) is 7.17. The van der Waals surface area contributed by atoms with E-state index in [9.17, 15) is 9.59 Å². The molecule has 1 amide bonds. The number of rotatable bonds is 5. The van der Waals surface area contributed by atoms with Crippen LogP contribution in [0, 0.1) is 0 Å². The molecule has 0 aromatic rings. The Kier molecular flexibility index (Phi) is 6.64. The fourth-order valence-electron chi connectivity index (χ4n) is 1.17. The minimum Gasteiger partial charge on any atom is -0.467 e. The van der Waals surface area contributed by atoms with Gasteiger partial charge in [0.1, 0.15) is 5.60 Å². The molecule has 0 aromatic carbocycles. The summed E-state index contributed by atoms with van der Waals surface area (Å²) in [6, 6.07) is -1.10. The van der Waals surface area contributed by atoms with E-state index < -0.39 is 30.0 Å². The number of carbonyl (C=O) groups excluding carboxylic acids is 2. The third-order valence-corrected chi connectivity index (χ3v) is 1.86. The number of hydrogen-bond acceptors (Lipinski definition) is 6. The number of nitrogens with one attached hydrogen (secondary N) is 1. The van der Waals surface area contributed by atoms with Gasteiger partial charge in [-0.25, -0.2) is 9.59 Å². The molecule has 0 aliphatic carbocycles. The van der Waals surface area contributed by atoms with Crippen LogP contribution in [0.2, 0.25) is 0 Å². The fourth-order valence-corrected chi connectivity index (χ4v) is 1.17. The zero-order valence-corrected chi connectivity index (χ0v) is 11.6. The second-order valence-electron chi connectivity index (χ2n) is 4.49. The molecule has 0 rings (SSSR count). The maximum Gasteiger partial charge on any atom is 0.408 e. The third kappa shape index (κ3) is 5.83. The van der Waals surface area contributed by atoms with Gasteiger partial charge >= 0.3 is 12.1 Å². The number of ether oxygens (including phenoxy) is 4. The molecule has 0 spiro atoms. The summed E-state index contributed by atoms with van der Waals surface area (Å²) in [4.78, 5) is 23.1. The quantitative estimate of drug-likeness (QED) is 0.580. The first kappa shape index (κ1) is 16.7. The van der Waals surface area contributed by atoms with E-state index in [4.69, 9.17) is 14.2 Å². The topological polar surface area (TPSA) is 83.1 Å². The molecule has 0 heterocycles. The predicted octanol–water partition coefficient (Wildman–Crippen LogP) is 0.672. The average molecular weight is 263 g/mol. The van der Waals surface area contributed by atoms with Gasteiger partial charge in [-0.05, 0) is 20.8 Å². The first-order chi connectivity index (χ1) is 8.25. The molecule has 0 saturated heterocycles. The van der Waals surface area contributed by atoms with Gasteiger partial charge in [-0.2, -0.15) is 0 Å². The molecule has 106 valence electrons. The van der Waals surface area contributed by atoms with Crippen LogP contribution in [0.1, 0.15) is 20.8 Å². The van der Waals surface area contributed by atoms with Crippen LogP contribution in [0.25, 0.3) is 0 Å². The zero-order valence-electron chi connectivity index (χ0n) is 11.6. The summed E-state index contributed by atoms with van der Waals surface area (Å²) >= 11 is 0. The standard InChI is InChI=1S/C11H21NO6/c1-11(2,3)18-10(14)12-7(8(13)15-4)9(16-5)17-6/h7,9H,1-6H3,(H,12,14)/t7-/m1/s1. The summed E-state index contributed by atoms with van der Waals surface area (Å²) in [6.07, 6.45) is -1.71. The van der Waals surface area contributed by atoms with E-state index in [-0.39, 0.29) is 0 Å². The van der Waals surface area contributed by atoms with E-state index in [1.807, 2.05) is 0 Å². The van der Waals surface area contributed by atoms with E-state index in [1.54, 1.807) is 20.8 Å².